The van der Waals surface area contributed by atoms with E-state index in [0.29, 0.717) is 10.5 Å². The molecule has 1 N–H and O–H groups in total. The van der Waals surface area contributed by atoms with Crippen LogP contribution < -0.4 is 5.32 Å². The Morgan fingerprint density at radius 1 is 1.29 bits per heavy atom. The third kappa shape index (κ3) is 3.66. The molecule has 0 spiro atoms. The number of esters is 1. The van der Waals surface area contributed by atoms with E-state index in [0.717, 1.165) is 19.2 Å². The van der Waals surface area contributed by atoms with Crippen molar-refractivity contribution in [2.75, 3.05) is 13.7 Å². The van der Waals surface area contributed by atoms with Gasteiger partial charge in [-0.1, -0.05) is 12.1 Å². The van der Waals surface area contributed by atoms with Gasteiger partial charge >= 0.3 is 18.2 Å². The number of halogens is 4. The number of urea groups is 1. The fraction of sp³-hybridized carbons (Fsp3) is 0.333. The maximum Gasteiger partial charge on any atom is 0.406 e. The van der Waals surface area contributed by atoms with Crippen LogP contribution in [0.1, 0.15) is 18.5 Å². The zero-order chi connectivity index (χ0) is 18.1. The van der Waals surface area contributed by atoms with E-state index in [-0.39, 0.29) is 11.3 Å². The third-order valence-corrected chi connectivity index (χ3v) is 3.54. The summed E-state index contributed by atoms with van der Waals surface area (Å²) in [5, 5.41) is 2.33. The number of ether oxygens (including phenoxy) is 1. The molecule has 5 nitrogen and oxygen atoms in total. The summed E-state index contributed by atoms with van der Waals surface area (Å²) in [4.78, 5) is 24.5. The maximum atomic E-state index is 13.1. The van der Waals surface area contributed by atoms with Crippen molar-refractivity contribution in [1.29, 1.82) is 0 Å². The monoisotopic (exact) mass is 346 g/mol. The first-order chi connectivity index (χ1) is 11.1. The highest BCUT2D eigenvalue weighted by Gasteiger charge is 2.41. The fourth-order valence-electron chi connectivity index (χ4n) is 2.43. The lowest BCUT2D eigenvalue weighted by Gasteiger charge is -2.35. The van der Waals surface area contributed by atoms with Crippen LogP contribution in [0.15, 0.2) is 35.5 Å². The van der Waals surface area contributed by atoms with E-state index in [9.17, 15) is 27.2 Å². The first-order valence-electron chi connectivity index (χ1n) is 6.83. The Hall–Kier alpha value is -2.58. The number of hydrogen-bond donors (Lipinski definition) is 1. The average Bonchev–Trinajstić information content (AvgIpc) is 2.50. The number of hydrogen-bond acceptors (Lipinski definition) is 3. The average molecular weight is 346 g/mol. The summed E-state index contributed by atoms with van der Waals surface area (Å²) >= 11 is 0. The molecule has 1 aliphatic heterocycles. The summed E-state index contributed by atoms with van der Waals surface area (Å²) in [6.45, 7) is -0.311. The summed E-state index contributed by atoms with van der Waals surface area (Å²) in [5.41, 5.74) is 0.0290. The van der Waals surface area contributed by atoms with Crippen molar-refractivity contribution >= 4 is 12.0 Å². The second-order valence-corrected chi connectivity index (χ2v) is 5.13. The van der Waals surface area contributed by atoms with Gasteiger partial charge < -0.3 is 10.1 Å². The molecular formula is C15H14F4N2O3. The van der Waals surface area contributed by atoms with E-state index >= 15 is 0 Å². The van der Waals surface area contributed by atoms with Crippen molar-refractivity contribution in [2.45, 2.75) is 19.1 Å². The van der Waals surface area contributed by atoms with Crippen molar-refractivity contribution in [3.8, 4) is 0 Å². The molecular weight excluding hydrogens is 332 g/mol. The van der Waals surface area contributed by atoms with Gasteiger partial charge in [-0.2, -0.15) is 13.2 Å². The number of allylic oxidation sites excluding steroid dienone is 1. The quantitative estimate of drug-likeness (QED) is 0.676. The van der Waals surface area contributed by atoms with Gasteiger partial charge in [-0.15, -0.1) is 0 Å². The molecule has 0 unspecified atom stereocenters. The molecule has 0 saturated heterocycles. The summed E-state index contributed by atoms with van der Waals surface area (Å²) < 4.78 is 55.6. The summed E-state index contributed by atoms with van der Waals surface area (Å²) in [5.74, 6) is -1.41. The number of nitrogens with zero attached hydrogens (tertiary/aromatic N) is 1. The first kappa shape index (κ1) is 17.8. The van der Waals surface area contributed by atoms with Gasteiger partial charge in [-0.05, 0) is 24.6 Å². The first-order valence-corrected chi connectivity index (χ1v) is 6.83. The maximum absolute atomic E-state index is 13.1. The van der Waals surface area contributed by atoms with Crippen LogP contribution in [0, 0.1) is 5.82 Å². The number of rotatable bonds is 3. The van der Waals surface area contributed by atoms with Crippen molar-refractivity contribution in [2.24, 2.45) is 0 Å². The van der Waals surface area contributed by atoms with Gasteiger partial charge in [-0.3, -0.25) is 4.90 Å². The molecule has 1 aromatic rings. The highest BCUT2D eigenvalue weighted by atomic mass is 19.4. The minimum atomic E-state index is -4.64. The number of carbonyl (C=O) groups is 2. The fourth-order valence-corrected chi connectivity index (χ4v) is 2.43. The molecule has 0 bridgehead atoms. The van der Waals surface area contributed by atoms with E-state index in [1.165, 1.54) is 19.1 Å². The molecule has 2 amide bonds. The number of carbonyl (C=O) groups excluding carboxylic acids is 2. The molecule has 9 heteroatoms. The Bertz CT molecular complexity index is 683. The van der Waals surface area contributed by atoms with E-state index in [1.807, 2.05) is 0 Å². The highest BCUT2D eigenvalue weighted by molar-refractivity contribution is 5.95. The Morgan fingerprint density at radius 2 is 1.88 bits per heavy atom. The lowest BCUT2D eigenvalue weighted by Crippen LogP contribution is -2.50. The summed E-state index contributed by atoms with van der Waals surface area (Å²) in [7, 11) is 1.08. The zero-order valence-electron chi connectivity index (χ0n) is 12.8. The SMILES string of the molecule is COC(=O)C1=C(C)N(CC(F)(F)F)C(=O)N[C@@H]1c1ccc(F)cc1. The van der Waals surface area contributed by atoms with Crippen molar-refractivity contribution in [3.05, 3.63) is 46.9 Å². The van der Waals surface area contributed by atoms with Gasteiger partial charge in [0.2, 0.25) is 0 Å². The predicted octanol–water partition coefficient (Wildman–Crippen LogP) is 2.90. The number of benzene rings is 1. The number of alkyl halides is 3. The molecule has 1 aliphatic rings. The number of nitrogens with one attached hydrogen (secondary N) is 1. The van der Waals surface area contributed by atoms with Crippen LogP contribution in [0.25, 0.3) is 0 Å². The van der Waals surface area contributed by atoms with E-state index in [4.69, 9.17) is 0 Å². The molecule has 0 radical (unpaired) electrons. The molecule has 1 heterocycles. The van der Waals surface area contributed by atoms with E-state index in [2.05, 4.69) is 10.1 Å². The highest BCUT2D eigenvalue weighted by Crippen LogP contribution is 2.32. The smallest absolute Gasteiger partial charge is 0.406 e. The molecule has 24 heavy (non-hydrogen) atoms. The van der Waals surface area contributed by atoms with Crippen LogP contribution in [0.4, 0.5) is 22.4 Å². The van der Waals surface area contributed by atoms with Crippen molar-refractivity contribution in [1.82, 2.24) is 10.2 Å². The van der Waals surface area contributed by atoms with Gasteiger partial charge in [0.05, 0.1) is 18.7 Å². The van der Waals surface area contributed by atoms with Gasteiger partial charge in [-0.25, -0.2) is 14.0 Å². The van der Waals surface area contributed by atoms with Crippen LogP contribution in [-0.4, -0.2) is 36.7 Å². The Balaban J connectivity index is 2.51. The Kier molecular flexibility index (Phi) is 4.81. The predicted molar refractivity (Wildman–Crippen MR) is 75.1 cm³/mol. The van der Waals surface area contributed by atoms with Crippen LogP contribution in [0.2, 0.25) is 0 Å². The molecule has 0 fully saturated rings. The minimum Gasteiger partial charge on any atom is -0.466 e. The van der Waals surface area contributed by atoms with Gasteiger partial charge in [0.25, 0.3) is 0 Å². The molecule has 0 saturated carbocycles. The largest absolute Gasteiger partial charge is 0.466 e. The van der Waals surface area contributed by atoms with E-state index in [1.54, 1.807) is 0 Å². The van der Waals surface area contributed by atoms with Crippen molar-refractivity contribution in [3.63, 3.8) is 0 Å². The van der Waals surface area contributed by atoms with Crippen LogP contribution in [-0.2, 0) is 9.53 Å². The standard InChI is InChI=1S/C15H14F4N2O3/c1-8-11(13(22)24-2)12(9-3-5-10(16)6-4-9)20-14(23)21(8)7-15(17,18)19/h3-6,12H,7H2,1-2H3,(H,20,23)/t12-/m1/s1. The third-order valence-electron chi connectivity index (χ3n) is 3.54. The van der Waals surface area contributed by atoms with Crippen LogP contribution in [0.3, 0.4) is 0 Å². The second-order valence-electron chi connectivity index (χ2n) is 5.13. The van der Waals surface area contributed by atoms with Crippen LogP contribution in [0.5, 0.6) is 0 Å². The minimum absolute atomic E-state index is 0.145. The molecule has 130 valence electrons. The summed E-state index contributed by atoms with van der Waals surface area (Å²) in [6.07, 6.45) is -4.64. The van der Waals surface area contributed by atoms with Gasteiger partial charge in [0.15, 0.2) is 0 Å². The normalized spacial score (nSPS) is 18.5. The zero-order valence-corrected chi connectivity index (χ0v) is 12.8. The van der Waals surface area contributed by atoms with Gasteiger partial charge in [0.1, 0.15) is 12.4 Å². The Morgan fingerprint density at radius 3 is 2.38 bits per heavy atom. The van der Waals surface area contributed by atoms with Crippen molar-refractivity contribution < 1.29 is 31.9 Å². The molecule has 1 aromatic carbocycles. The lowest BCUT2D eigenvalue weighted by atomic mass is 9.95. The second kappa shape index (κ2) is 6.50. The molecule has 2 rings (SSSR count). The van der Waals surface area contributed by atoms with Crippen LogP contribution >= 0.6 is 0 Å². The molecule has 0 aliphatic carbocycles. The Labute approximate surface area is 134 Å². The lowest BCUT2D eigenvalue weighted by molar-refractivity contribution is -0.140. The molecule has 1 atom stereocenters. The number of amides is 2. The van der Waals surface area contributed by atoms with E-state index < -0.39 is 36.6 Å². The topological polar surface area (TPSA) is 58.6 Å². The van der Waals surface area contributed by atoms with Gasteiger partial charge in [0, 0.05) is 5.70 Å². The molecule has 0 aromatic heterocycles. The summed E-state index contributed by atoms with van der Waals surface area (Å²) in [6, 6.07) is 2.86. The number of methoxy groups -OCH3 is 1.